The lowest BCUT2D eigenvalue weighted by Crippen LogP contribution is -2.20. The molecule has 4 aromatic rings. The van der Waals surface area contributed by atoms with Gasteiger partial charge in [0, 0.05) is 35.8 Å². The monoisotopic (exact) mass is 544 g/mol. The Balaban J connectivity index is 1.63. The molecule has 0 unspecified atom stereocenters. The summed E-state index contributed by atoms with van der Waals surface area (Å²) in [4.78, 5) is 29.8. The van der Waals surface area contributed by atoms with Gasteiger partial charge < -0.3 is 0 Å². The molecule has 0 saturated heterocycles. The van der Waals surface area contributed by atoms with Crippen molar-refractivity contribution in [2.75, 3.05) is 0 Å². The van der Waals surface area contributed by atoms with E-state index in [1.54, 1.807) is 21.5 Å². The highest BCUT2D eigenvalue weighted by Gasteiger charge is 2.20. The lowest BCUT2D eigenvalue weighted by molar-refractivity contribution is -0.384. The molecule has 2 heterocycles. The molecule has 5 rings (SSSR count). The van der Waals surface area contributed by atoms with Crippen molar-refractivity contribution in [1.29, 1.82) is 0 Å². The number of hydrogen-bond acceptors (Lipinski definition) is 6. The van der Waals surface area contributed by atoms with Gasteiger partial charge in [-0.15, -0.1) is 11.3 Å². The number of aromatic nitrogens is 3. The van der Waals surface area contributed by atoms with Crippen LogP contribution in [-0.2, 0) is 7.05 Å². The number of para-hydroxylation sites is 1. The summed E-state index contributed by atoms with van der Waals surface area (Å²) in [6.07, 6.45) is 6.54. The summed E-state index contributed by atoms with van der Waals surface area (Å²) in [5.41, 5.74) is 4.40. The third-order valence-electron chi connectivity index (χ3n) is 7.41. The number of nitrogens with zero attached hydrogens (tertiary/aromatic N) is 6. The van der Waals surface area contributed by atoms with Crippen LogP contribution in [0.15, 0.2) is 74.9 Å². The van der Waals surface area contributed by atoms with Crippen LogP contribution in [0.25, 0.3) is 16.9 Å². The minimum Gasteiger partial charge on any atom is -0.283 e. The third kappa shape index (κ3) is 5.42. The van der Waals surface area contributed by atoms with E-state index in [1.165, 1.54) is 36.3 Å². The zero-order chi connectivity index (χ0) is 27.5. The SMILES string of the molecule is CCCC1CCC(=Nn2c(-c3ccc([N+](=O)[O-])cc3)csc2=Nc2c(C)n(C)n(-c3ccccc3)c2=O)CC1. The van der Waals surface area contributed by atoms with E-state index in [0.29, 0.717) is 10.5 Å². The Morgan fingerprint density at radius 2 is 1.77 bits per heavy atom. The Kier molecular flexibility index (Phi) is 7.74. The summed E-state index contributed by atoms with van der Waals surface area (Å²) < 4.78 is 5.23. The van der Waals surface area contributed by atoms with Gasteiger partial charge in [0.15, 0.2) is 5.69 Å². The number of non-ortho nitro benzene ring substituents is 1. The van der Waals surface area contributed by atoms with Crippen molar-refractivity contribution in [3.63, 3.8) is 0 Å². The smallest absolute Gasteiger partial charge is 0.283 e. The highest BCUT2D eigenvalue weighted by molar-refractivity contribution is 7.07. The van der Waals surface area contributed by atoms with Gasteiger partial charge in [0.2, 0.25) is 4.80 Å². The van der Waals surface area contributed by atoms with Gasteiger partial charge in [0.05, 0.1) is 22.0 Å². The minimum atomic E-state index is -0.406. The van der Waals surface area contributed by atoms with Gasteiger partial charge in [-0.3, -0.25) is 19.6 Å². The summed E-state index contributed by atoms with van der Waals surface area (Å²) in [5.74, 6) is 0.739. The molecule has 2 aromatic heterocycles. The van der Waals surface area contributed by atoms with Crippen LogP contribution in [0, 0.1) is 23.0 Å². The standard InChI is InChI=1S/C29H32N6O3S/c1-4-8-21-11-15-23(16-12-21)31-33-26(22-13-17-25(18-14-22)35(37)38)19-39-29(33)30-27-20(2)32(3)34(28(27)36)24-9-6-5-7-10-24/h5-7,9-10,13-14,17-19,21H,4,8,11-12,15-16H2,1-3H3. The average molecular weight is 545 g/mol. The van der Waals surface area contributed by atoms with Crippen LogP contribution >= 0.6 is 11.3 Å². The van der Waals surface area contributed by atoms with Gasteiger partial charge in [-0.2, -0.15) is 5.10 Å². The van der Waals surface area contributed by atoms with Crippen molar-refractivity contribution in [2.45, 2.75) is 52.4 Å². The Morgan fingerprint density at radius 3 is 2.41 bits per heavy atom. The summed E-state index contributed by atoms with van der Waals surface area (Å²) >= 11 is 1.40. The van der Waals surface area contributed by atoms with E-state index in [4.69, 9.17) is 10.1 Å². The lowest BCUT2D eigenvalue weighted by atomic mass is 9.85. The fraction of sp³-hybridized carbons (Fsp3) is 0.345. The van der Waals surface area contributed by atoms with Crippen LogP contribution in [0.3, 0.4) is 0 Å². The van der Waals surface area contributed by atoms with Crippen molar-refractivity contribution < 1.29 is 4.92 Å². The van der Waals surface area contributed by atoms with Crippen molar-refractivity contribution in [3.05, 3.63) is 90.9 Å². The molecule has 1 aliphatic carbocycles. The molecular weight excluding hydrogens is 512 g/mol. The molecule has 10 heteroatoms. The summed E-state index contributed by atoms with van der Waals surface area (Å²) in [6, 6.07) is 16.0. The zero-order valence-electron chi connectivity index (χ0n) is 22.4. The largest absolute Gasteiger partial charge is 0.297 e. The highest BCUT2D eigenvalue weighted by atomic mass is 32.1. The van der Waals surface area contributed by atoms with Crippen LogP contribution in [-0.4, -0.2) is 24.7 Å². The molecule has 1 aliphatic rings. The Morgan fingerprint density at radius 1 is 1.08 bits per heavy atom. The number of nitro benzene ring substituents is 1. The van der Waals surface area contributed by atoms with Crippen LogP contribution < -0.4 is 10.4 Å². The molecule has 2 aromatic carbocycles. The van der Waals surface area contributed by atoms with E-state index in [2.05, 4.69) is 6.92 Å². The van der Waals surface area contributed by atoms with Gasteiger partial charge in [-0.1, -0.05) is 38.0 Å². The van der Waals surface area contributed by atoms with Crippen LogP contribution in [0.4, 0.5) is 11.4 Å². The first-order chi connectivity index (χ1) is 18.9. The predicted octanol–water partition coefficient (Wildman–Crippen LogP) is 6.35. The van der Waals surface area contributed by atoms with E-state index in [0.717, 1.165) is 60.0 Å². The Bertz CT molecular complexity index is 1630. The first-order valence-electron chi connectivity index (χ1n) is 13.3. The summed E-state index contributed by atoms with van der Waals surface area (Å²) in [7, 11) is 1.85. The fourth-order valence-electron chi connectivity index (χ4n) is 5.15. The third-order valence-corrected chi connectivity index (χ3v) is 8.23. The Labute approximate surface area is 230 Å². The van der Waals surface area contributed by atoms with Gasteiger partial charge in [-0.05, 0) is 62.8 Å². The molecule has 1 fully saturated rings. The first-order valence-corrected chi connectivity index (χ1v) is 14.2. The maximum Gasteiger partial charge on any atom is 0.297 e. The molecule has 0 radical (unpaired) electrons. The Hall–Kier alpha value is -4.05. The van der Waals surface area contributed by atoms with Crippen LogP contribution in [0.5, 0.6) is 0 Å². The maximum atomic E-state index is 13.5. The fourth-order valence-corrected chi connectivity index (χ4v) is 5.99. The second kappa shape index (κ2) is 11.4. The van der Waals surface area contributed by atoms with Crippen molar-refractivity contribution in [3.8, 4) is 16.9 Å². The number of hydrogen-bond donors (Lipinski definition) is 0. The van der Waals surface area contributed by atoms with Gasteiger partial charge in [0.25, 0.3) is 11.2 Å². The molecule has 0 N–H and O–H groups in total. The molecule has 0 spiro atoms. The summed E-state index contributed by atoms with van der Waals surface area (Å²) in [5, 5.41) is 18.2. The van der Waals surface area contributed by atoms with Crippen molar-refractivity contribution >= 4 is 28.4 Å². The average Bonchev–Trinajstić information content (AvgIpc) is 3.43. The normalized spacial score (nSPS) is 16.0. The van der Waals surface area contributed by atoms with E-state index in [-0.39, 0.29) is 11.2 Å². The predicted molar refractivity (Wildman–Crippen MR) is 155 cm³/mol. The van der Waals surface area contributed by atoms with Gasteiger partial charge >= 0.3 is 0 Å². The number of benzene rings is 2. The molecule has 0 atom stereocenters. The molecular formula is C29H32N6O3S. The minimum absolute atomic E-state index is 0.0346. The molecule has 1 saturated carbocycles. The van der Waals surface area contributed by atoms with E-state index in [1.807, 2.05) is 54.4 Å². The topological polar surface area (TPSA) is 99.7 Å². The number of nitro groups is 1. The first kappa shape index (κ1) is 26.6. The van der Waals surface area contributed by atoms with Crippen LogP contribution in [0.2, 0.25) is 0 Å². The molecule has 0 bridgehead atoms. The second-order valence-corrected chi connectivity index (χ2v) is 10.8. The number of thiazole rings is 1. The van der Waals surface area contributed by atoms with Crippen molar-refractivity contribution in [2.24, 2.45) is 23.1 Å². The number of rotatable bonds is 7. The zero-order valence-corrected chi connectivity index (χ0v) is 23.2. The van der Waals surface area contributed by atoms with E-state index >= 15 is 0 Å². The second-order valence-electron chi connectivity index (χ2n) is 9.94. The van der Waals surface area contributed by atoms with Crippen LogP contribution in [0.1, 0.15) is 51.1 Å². The van der Waals surface area contributed by atoms with Crippen molar-refractivity contribution in [1.82, 2.24) is 14.0 Å². The van der Waals surface area contributed by atoms with Gasteiger partial charge in [-0.25, -0.2) is 14.4 Å². The molecule has 0 amide bonds. The van der Waals surface area contributed by atoms with Gasteiger partial charge in [0.1, 0.15) is 0 Å². The summed E-state index contributed by atoms with van der Waals surface area (Å²) in [6.45, 7) is 4.11. The quantitative estimate of drug-likeness (QED) is 0.200. The molecule has 0 aliphatic heterocycles. The highest BCUT2D eigenvalue weighted by Crippen LogP contribution is 2.28. The van der Waals surface area contributed by atoms with E-state index < -0.39 is 4.92 Å². The lowest BCUT2D eigenvalue weighted by Gasteiger charge is -2.22. The molecule has 202 valence electrons. The van der Waals surface area contributed by atoms with E-state index in [9.17, 15) is 14.9 Å². The molecule has 39 heavy (non-hydrogen) atoms. The molecule has 9 nitrogen and oxygen atoms in total. The maximum absolute atomic E-state index is 13.5.